The SMILES string of the molecule is CCC(Nc1ccc(C(=O)c2ccccc2C)c(Cl)c1)C(=O)Nc1ccc(Br)cc1. The highest BCUT2D eigenvalue weighted by Crippen LogP contribution is 2.25. The average molecular weight is 486 g/mol. The molecule has 1 atom stereocenters. The highest BCUT2D eigenvalue weighted by atomic mass is 79.9. The molecular formula is C24H22BrClN2O2. The van der Waals surface area contributed by atoms with E-state index in [4.69, 9.17) is 11.6 Å². The molecule has 0 aromatic heterocycles. The third kappa shape index (κ3) is 5.29. The van der Waals surface area contributed by atoms with Crippen molar-refractivity contribution in [3.8, 4) is 0 Å². The highest BCUT2D eigenvalue weighted by molar-refractivity contribution is 9.10. The molecule has 154 valence electrons. The fourth-order valence-electron chi connectivity index (χ4n) is 3.08. The molecule has 1 amide bonds. The number of ketones is 1. The van der Waals surface area contributed by atoms with Crippen LogP contribution in [0, 0.1) is 6.92 Å². The summed E-state index contributed by atoms with van der Waals surface area (Å²) in [7, 11) is 0. The Morgan fingerprint density at radius 1 is 0.967 bits per heavy atom. The van der Waals surface area contributed by atoms with Crippen LogP contribution in [0.15, 0.2) is 71.2 Å². The Kier molecular flexibility index (Phi) is 7.29. The molecule has 1 unspecified atom stereocenters. The molecule has 3 rings (SSSR count). The second kappa shape index (κ2) is 9.92. The van der Waals surface area contributed by atoms with Crippen LogP contribution in [-0.2, 0) is 4.79 Å². The van der Waals surface area contributed by atoms with Crippen LogP contribution in [0.2, 0.25) is 5.02 Å². The maximum Gasteiger partial charge on any atom is 0.246 e. The lowest BCUT2D eigenvalue weighted by Crippen LogP contribution is -2.34. The van der Waals surface area contributed by atoms with Gasteiger partial charge in [0.15, 0.2) is 5.78 Å². The van der Waals surface area contributed by atoms with E-state index in [1.165, 1.54) is 0 Å². The van der Waals surface area contributed by atoms with Crippen molar-refractivity contribution in [1.82, 2.24) is 0 Å². The van der Waals surface area contributed by atoms with Crippen molar-refractivity contribution in [3.63, 3.8) is 0 Å². The van der Waals surface area contributed by atoms with Gasteiger partial charge in [-0.15, -0.1) is 0 Å². The van der Waals surface area contributed by atoms with E-state index < -0.39 is 6.04 Å². The van der Waals surface area contributed by atoms with Crippen LogP contribution < -0.4 is 10.6 Å². The largest absolute Gasteiger partial charge is 0.374 e. The Hall–Kier alpha value is -2.63. The summed E-state index contributed by atoms with van der Waals surface area (Å²) >= 11 is 9.79. The Balaban J connectivity index is 1.73. The van der Waals surface area contributed by atoms with Gasteiger partial charge in [0.25, 0.3) is 0 Å². The topological polar surface area (TPSA) is 58.2 Å². The summed E-state index contributed by atoms with van der Waals surface area (Å²) < 4.78 is 0.945. The molecule has 0 saturated carbocycles. The van der Waals surface area contributed by atoms with Crippen molar-refractivity contribution in [2.24, 2.45) is 0 Å². The first-order valence-corrected chi connectivity index (χ1v) is 10.8. The van der Waals surface area contributed by atoms with Crippen molar-refractivity contribution < 1.29 is 9.59 Å². The van der Waals surface area contributed by atoms with Crippen LogP contribution in [0.5, 0.6) is 0 Å². The zero-order chi connectivity index (χ0) is 21.7. The summed E-state index contributed by atoms with van der Waals surface area (Å²) in [6, 6.07) is 19.5. The van der Waals surface area contributed by atoms with E-state index >= 15 is 0 Å². The van der Waals surface area contributed by atoms with E-state index in [0.29, 0.717) is 28.3 Å². The van der Waals surface area contributed by atoms with E-state index in [2.05, 4.69) is 26.6 Å². The molecule has 2 N–H and O–H groups in total. The molecule has 0 fully saturated rings. The van der Waals surface area contributed by atoms with Crippen LogP contribution in [0.3, 0.4) is 0 Å². The number of hydrogen-bond acceptors (Lipinski definition) is 3. The number of carbonyl (C=O) groups excluding carboxylic acids is 2. The fourth-order valence-corrected chi connectivity index (χ4v) is 3.61. The Labute approximate surface area is 189 Å². The second-order valence-electron chi connectivity index (χ2n) is 6.94. The number of halogens is 2. The minimum Gasteiger partial charge on any atom is -0.374 e. The normalized spacial score (nSPS) is 11.6. The third-order valence-electron chi connectivity index (χ3n) is 4.78. The number of benzene rings is 3. The lowest BCUT2D eigenvalue weighted by Gasteiger charge is -2.19. The van der Waals surface area contributed by atoms with Gasteiger partial charge in [0.2, 0.25) is 5.91 Å². The van der Waals surface area contributed by atoms with Gasteiger partial charge in [-0.3, -0.25) is 9.59 Å². The molecule has 0 spiro atoms. The van der Waals surface area contributed by atoms with Crippen LogP contribution in [0.25, 0.3) is 0 Å². The second-order valence-corrected chi connectivity index (χ2v) is 8.26. The van der Waals surface area contributed by atoms with Crippen molar-refractivity contribution in [3.05, 3.63) is 92.9 Å². The summed E-state index contributed by atoms with van der Waals surface area (Å²) in [6.45, 7) is 3.82. The quantitative estimate of drug-likeness (QED) is 0.377. The van der Waals surface area contributed by atoms with Gasteiger partial charge < -0.3 is 10.6 Å². The zero-order valence-electron chi connectivity index (χ0n) is 16.7. The first-order valence-electron chi connectivity index (χ1n) is 9.62. The number of hydrogen-bond donors (Lipinski definition) is 2. The lowest BCUT2D eigenvalue weighted by molar-refractivity contribution is -0.117. The molecular weight excluding hydrogens is 464 g/mol. The fraction of sp³-hybridized carbons (Fsp3) is 0.167. The molecule has 0 radical (unpaired) electrons. The lowest BCUT2D eigenvalue weighted by atomic mass is 9.99. The molecule has 0 aliphatic rings. The first-order chi connectivity index (χ1) is 14.4. The van der Waals surface area contributed by atoms with Crippen molar-refractivity contribution >= 4 is 50.6 Å². The molecule has 0 aliphatic carbocycles. The minimum absolute atomic E-state index is 0.121. The molecule has 30 heavy (non-hydrogen) atoms. The molecule has 0 saturated heterocycles. The first kappa shape index (κ1) is 22.1. The van der Waals surface area contributed by atoms with Gasteiger partial charge in [-0.2, -0.15) is 0 Å². The van der Waals surface area contributed by atoms with Gasteiger partial charge in [0, 0.05) is 27.0 Å². The average Bonchev–Trinajstić information content (AvgIpc) is 2.73. The van der Waals surface area contributed by atoms with Crippen LogP contribution in [-0.4, -0.2) is 17.7 Å². The predicted octanol–water partition coefficient (Wildman–Crippen LogP) is 6.47. The smallest absolute Gasteiger partial charge is 0.246 e. The summed E-state index contributed by atoms with van der Waals surface area (Å²) in [5, 5.41) is 6.45. The van der Waals surface area contributed by atoms with E-state index in [0.717, 1.165) is 15.7 Å². The summed E-state index contributed by atoms with van der Waals surface area (Å²) in [6.07, 6.45) is 0.587. The molecule has 0 bridgehead atoms. The predicted molar refractivity (Wildman–Crippen MR) is 127 cm³/mol. The number of carbonyl (C=O) groups is 2. The Bertz CT molecular complexity index is 1070. The molecule has 0 heterocycles. The number of nitrogens with one attached hydrogen (secondary N) is 2. The maximum absolute atomic E-state index is 12.8. The van der Waals surface area contributed by atoms with Gasteiger partial charge in [0.1, 0.15) is 6.04 Å². The Morgan fingerprint density at radius 3 is 2.27 bits per heavy atom. The van der Waals surface area contributed by atoms with Gasteiger partial charge >= 0.3 is 0 Å². The molecule has 3 aromatic rings. The molecule has 6 heteroatoms. The summed E-state index contributed by atoms with van der Waals surface area (Å²) in [4.78, 5) is 25.5. The number of anilines is 2. The maximum atomic E-state index is 12.8. The Morgan fingerprint density at radius 2 is 1.63 bits per heavy atom. The van der Waals surface area contributed by atoms with Crippen molar-refractivity contribution in [1.29, 1.82) is 0 Å². The van der Waals surface area contributed by atoms with E-state index in [1.807, 2.05) is 56.3 Å². The monoisotopic (exact) mass is 484 g/mol. The zero-order valence-corrected chi connectivity index (χ0v) is 19.0. The van der Waals surface area contributed by atoms with Crippen LogP contribution in [0.1, 0.15) is 34.8 Å². The summed E-state index contributed by atoms with van der Waals surface area (Å²) in [5.74, 6) is -0.263. The molecule has 0 aliphatic heterocycles. The number of rotatable bonds is 7. The van der Waals surface area contributed by atoms with Gasteiger partial charge in [-0.25, -0.2) is 0 Å². The van der Waals surface area contributed by atoms with Gasteiger partial charge in [0.05, 0.1) is 5.02 Å². The van der Waals surface area contributed by atoms with Gasteiger partial charge in [-0.1, -0.05) is 58.7 Å². The third-order valence-corrected chi connectivity index (χ3v) is 5.62. The standard InChI is InChI=1S/C24H22BrClN2O2/c1-3-22(24(30)28-17-10-8-16(25)9-11-17)27-18-12-13-20(21(26)14-18)23(29)19-7-5-4-6-15(19)2/h4-14,22,27H,3H2,1-2H3,(H,28,30). The molecule has 3 aromatic carbocycles. The summed E-state index contributed by atoms with van der Waals surface area (Å²) in [5.41, 5.74) is 3.36. The number of amides is 1. The van der Waals surface area contributed by atoms with E-state index in [9.17, 15) is 9.59 Å². The highest BCUT2D eigenvalue weighted by Gasteiger charge is 2.19. The minimum atomic E-state index is -0.442. The van der Waals surface area contributed by atoms with Crippen LogP contribution >= 0.6 is 27.5 Å². The van der Waals surface area contributed by atoms with Crippen molar-refractivity contribution in [2.75, 3.05) is 10.6 Å². The number of aryl methyl sites for hydroxylation is 1. The van der Waals surface area contributed by atoms with E-state index in [1.54, 1.807) is 24.3 Å². The van der Waals surface area contributed by atoms with Crippen molar-refractivity contribution in [2.45, 2.75) is 26.3 Å². The van der Waals surface area contributed by atoms with Gasteiger partial charge in [-0.05, 0) is 61.4 Å². The molecule has 4 nitrogen and oxygen atoms in total. The van der Waals surface area contributed by atoms with Crippen LogP contribution in [0.4, 0.5) is 11.4 Å². The van der Waals surface area contributed by atoms with E-state index in [-0.39, 0.29) is 11.7 Å².